The molecule has 2 fully saturated rings. The maximum Gasteiger partial charge on any atom is 0.306 e. The number of piperidine rings is 1. The first-order valence-corrected chi connectivity index (χ1v) is 7.88. The molecule has 1 aliphatic heterocycles. The summed E-state index contributed by atoms with van der Waals surface area (Å²) >= 11 is 0. The molecule has 0 aromatic carbocycles. The lowest BCUT2D eigenvalue weighted by Crippen LogP contribution is -2.55. The molecule has 2 aliphatic rings. The number of aliphatic carboxylic acids is 1. The Morgan fingerprint density at radius 2 is 2.05 bits per heavy atom. The number of ether oxygens (including phenoxy) is 1. The van der Waals surface area contributed by atoms with Gasteiger partial charge < -0.3 is 20.5 Å². The molecule has 3 N–H and O–H groups in total. The summed E-state index contributed by atoms with van der Waals surface area (Å²) in [6, 6.07) is 0.326. The minimum absolute atomic E-state index is 0.0357. The minimum atomic E-state index is -0.920. The van der Waals surface area contributed by atoms with Gasteiger partial charge in [-0.3, -0.25) is 9.59 Å². The molecule has 6 heteroatoms. The van der Waals surface area contributed by atoms with Crippen molar-refractivity contribution in [2.45, 2.75) is 63.1 Å². The highest BCUT2D eigenvalue weighted by atomic mass is 16.5. The Labute approximate surface area is 125 Å². The molecule has 1 heterocycles. The number of carbonyl (C=O) groups is 2. The lowest BCUT2D eigenvalue weighted by atomic mass is 9.77. The lowest BCUT2D eigenvalue weighted by molar-refractivity contribution is -0.140. The highest BCUT2D eigenvalue weighted by Crippen LogP contribution is 2.32. The molecule has 4 atom stereocenters. The van der Waals surface area contributed by atoms with Crippen molar-refractivity contribution < 1.29 is 19.4 Å². The van der Waals surface area contributed by atoms with Gasteiger partial charge >= 0.3 is 5.97 Å². The van der Waals surface area contributed by atoms with E-state index < -0.39 is 12.1 Å². The standard InChI is InChI=1S/C15H26N2O4/c1-21-11(8-14(18)19)9-16-15(20)13-7-6-10-4-2-3-5-12(10)17-13/h10-13,17H,2-9H2,1H3,(H,16,20)(H,18,19). The fourth-order valence-corrected chi connectivity index (χ4v) is 3.47. The van der Waals surface area contributed by atoms with E-state index in [0.717, 1.165) is 25.2 Å². The SMILES string of the molecule is COC(CNC(=O)C1CCC2CCCCC2N1)CC(=O)O. The zero-order valence-electron chi connectivity index (χ0n) is 12.6. The fourth-order valence-electron chi connectivity index (χ4n) is 3.47. The molecule has 4 unspecified atom stereocenters. The molecular formula is C15H26N2O4. The number of amides is 1. The van der Waals surface area contributed by atoms with Crippen molar-refractivity contribution in [3.63, 3.8) is 0 Å². The first-order chi connectivity index (χ1) is 10.1. The van der Waals surface area contributed by atoms with Gasteiger partial charge in [0.25, 0.3) is 0 Å². The molecule has 1 saturated carbocycles. The molecule has 0 radical (unpaired) electrons. The van der Waals surface area contributed by atoms with Gasteiger partial charge in [-0.2, -0.15) is 0 Å². The maximum atomic E-state index is 12.2. The number of carboxylic acid groups (broad SMARTS) is 1. The Morgan fingerprint density at radius 3 is 2.76 bits per heavy atom. The van der Waals surface area contributed by atoms with Crippen LogP contribution in [0, 0.1) is 5.92 Å². The number of fused-ring (bicyclic) bond motifs is 1. The summed E-state index contributed by atoms with van der Waals surface area (Å²) < 4.78 is 5.07. The van der Waals surface area contributed by atoms with Crippen molar-refractivity contribution in [2.24, 2.45) is 5.92 Å². The topological polar surface area (TPSA) is 87.7 Å². The van der Waals surface area contributed by atoms with Gasteiger partial charge in [-0.05, 0) is 31.6 Å². The van der Waals surface area contributed by atoms with Crippen molar-refractivity contribution in [1.82, 2.24) is 10.6 Å². The number of hydrogen-bond donors (Lipinski definition) is 3. The average molecular weight is 298 g/mol. The van der Waals surface area contributed by atoms with Crippen LogP contribution in [0.2, 0.25) is 0 Å². The summed E-state index contributed by atoms with van der Waals surface area (Å²) in [5, 5.41) is 15.0. The fraction of sp³-hybridized carbons (Fsp3) is 0.867. The van der Waals surface area contributed by atoms with E-state index in [0.29, 0.717) is 6.04 Å². The average Bonchev–Trinajstić information content (AvgIpc) is 2.50. The molecule has 21 heavy (non-hydrogen) atoms. The first-order valence-electron chi connectivity index (χ1n) is 7.88. The van der Waals surface area contributed by atoms with E-state index in [1.54, 1.807) is 0 Å². The quantitative estimate of drug-likeness (QED) is 0.678. The van der Waals surface area contributed by atoms with Crippen LogP contribution in [-0.4, -0.2) is 48.8 Å². The van der Waals surface area contributed by atoms with Crippen LogP contribution in [0.1, 0.15) is 44.9 Å². The number of methoxy groups -OCH3 is 1. The van der Waals surface area contributed by atoms with E-state index in [1.807, 2.05) is 0 Å². The van der Waals surface area contributed by atoms with Gasteiger partial charge in [-0.25, -0.2) is 0 Å². The second-order valence-corrected chi connectivity index (χ2v) is 6.15. The summed E-state index contributed by atoms with van der Waals surface area (Å²) in [6.45, 7) is 0.244. The number of hydrogen-bond acceptors (Lipinski definition) is 4. The normalized spacial score (nSPS) is 30.2. The van der Waals surface area contributed by atoms with Crippen molar-refractivity contribution in [3.8, 4) is 0 Å². The molecule has 2 rings (SSSR count). The van der Waals surface area contributed by atoms with Gasteiger partial charge in [-0.1, -0.05) is 12.8 Å². The van der Waals surface area contributed by atoms with Gasteiger partial charge in [0.15, 0.2) is 0 Å². The maximum absolute atomic E-state index is 12.2. The molecule has 0 aromatic rings. The van der Waals surface area contributed by atoms with Gasteiger partial charge in [-0.15, -0.1) is 0 Å². The minimum Gasteiger partial charge on any atom is -0.481 e. The predicted molar refractivity (Wildman–Crippen MR) is 78.0 cm³/mol. The molecule has 0 bridgehead atoms. The molecule has 120 valence electrons. The molecule has 1 amide bonds. The van der Waals surface area contributed by atoms with Crippen LogP contribution in [0.4, 0.5) is 0 Å². The third kappa shape index (κ3) is 4.68. The third-order valence-electron chi connectivity index (χ3n) is 4.71. The van der Waals surface area contributed by atoms with Crippen LogP contribution >= 0.6 is 0 Å². The third-order valence-corrected chi connectivity index (χ3v) is 4.71. The summed E-state index contributed by atoms with van der Waals surface area (Å²) in [4.78, 5) is 22.9. The van der Waals surface area contributed by atoms with Crippen LogP contribution in [0.15, 0.2) is 0 Å². The zero-order chi connectivity index (χ0) is 15.2. The first kappa shape index (κ1) is 16.2. The second-order valence-electron chi connectivity index (χ2n) is 6.15. The van der Waals surface area contributed by atoms with Crippen LogP contribution in [0.25, 0.3) is 0 Å². The van der Waals surface area contributed by atoms with Crippen molar-refractivity contribution in [2.75, 3.05) is 13.7 Å². The molecule has 6 nitrogen and oxygen atoms in total. The molecule has 1 aliphatic carbocycles. The van der Waals surface area contributed by atoms with Crippen molar-refractivity contribution in [3.05, 3.63) is 0 Å². The van der Waals surface area contributed by atoms with E-state index in [2.05, 4.69) is 10.6 Å². The summed E-state index contributed by atoms with van der Waals surface area (Å²) in [7, 11) is 1.46. The molecular weight excluding hydrogens is 272 g/mol. The van der Waals surface area contributed by atoms with Crippen LogP contribution < -0.4 is 10.6 Å². The van der Waals surface area contributed by atoms with Gasteiger partial charge in [0, 0.05) is 19.7 Å². The Morgan fingerprint density at radius 1 is 1.29 bits per heavy atom. The zero-order valence-corrected chi connectivity index (χ0v) is 12.6. The van der Waals surface area contributed by atoms with E-state index in [9.17, 15) is 9.59 Å². The Hall–Kier alpha value is -1.14. The molecule has 1 saturated heterocycles. The van der Waals surface area contributed by atoms with Gasteiger partial charge in [0.05, 0.1) is 18.6 Å². The van der Waals surface area contributed by atoms with Crippen molar-refractivity contribution in [1.29, 1.82) is 0 Å². The van der Waals surface area contributed by atoms with Gasteiger partial charge in [0.1, 0.15) is 0 Å². The van der Waals surface area contributed by atoms with Crippen molar-refractivity contribution >= 4 is 11.9 Å². The molecule has 0 aromatic heterocycles. The lowest BCUT2D eigenvalue weighted by Gasteiger charge is -2.40. The van der Waals surface area contributed by atoms with Crippen LogP contribution in [0.5, 0.6) is 0 Å². The van der Waals surface area contributed by atoms with Crippen LogP contribution in [-0.2, 0) is 14.3 Å². The second kappa shape index (κ2) is 7.75. The smallest absolute Gasteiger partial charge is 0.306 e. The van der Waals surface area contributed by atoms with E-state index in [-0.39, 0.29) is 24.9 Å². The van der Waals surface area contributed by atoms with E-state index in [1.165, 1.54) is 26.4 Å². The summed E-state index contributed by atoms with van der Waals surface area (Å²) in [5.74, 6) is -0.232. The summed E-state index contributed by atoms with van der Waals surface area (Å²) in [6.07, 6.45) is 6.39. The largest absolute Gasteiger partial charge is 0.481 e. The summed E-state index contributed by atoms with van der Waals surface area (Å²) in [5.41, 5.74) is 0. The Kier molecular flexibility index (Phi) is 5.99. The number of nitrogens with one attached hydrogen (secondary N) is 2. The molecule has 0 spiro atoms. The number of rotatable bonds is 6. The monoisotopic (exact) mass is 298 g/mol. The highest BCUT2D eigenvalue weighted by molar-refractivity contribution is 5.82. The Balaban J connectivity index is 1.76. The number of carbonyl (C=O) groups excluding carboxylic acids is 1. The van der Waals surface area contributed by atoms with E-state index in [4.69, 9.17) is 9.84 Å². The number of carboxylic acids is 1. The predicted octanol–water partition coefficient (Wildman–Crippen LogP) is 0.903. The van der Waals surface area contributed by atoms with Gasteiger partial charge in [0.2, 0.25) is 5.91 Å². The van der Waals surface area contributed by atoms with E-state index >= 15 is 0 Å². The highest BCUT2D eigenvalue weighted by Gasteiger charge is 2.34. The Bertz CT molecular complexity index is 375. The van der Waals surface area contributed by atoms with Crippen LogP contribution in [0.3, 0.4) is 0 Å².